The average Bonchev–Trinajstić information content (AvgIpc) is 2.74. The van der Waals surface area contributed by atoms with Gasteiger partial charge in [0.1, 0.15) is 0 Å². The van der Waals surface area contributed by atoms with E-state index in [2.05, 4.69) is 28.7 Å². The second kappa shape index (κ2) is 4.19. The first kappa shape index (κ1) is 11.4. The lowest BCUT2D eigenvalue weighted by Gasteiger charge is -2.36. The largest absolute Gasteiger partial charge is 0.399 e. The van der Waals surface area contributed by atoms with Gasteiger partial charge in [-0.1, -0.05) is 6.92 Å². The number of nitrogens with two attached hydrogens (primary N) is 1. The lowest BCUT2D eigenvalue weighted by molar-refractivity contribution is 0.386. The van der Waals surface area contributed by atoms with Gasteiger partial charge in [0, 0.05) is 18.3 Å². The molecule has 0 amide bonds. The molecule has 96 valence electrons. The number of nitrogens with one attached hydrogen (secondary N) is 1. The van der Waals surface area contributed by atoms with Crippen LogP contribution in [0.2, 0.25) is 0 Å². The number of nitrogens with zero attached hydrogens (tertiary/aromatic N) is 2. The molecule has 4 heteroatoms. The predicted molar refractivity (Wildman–Crippen MR) is 75.7 cm³/mol. The maximum absolute atomic E-state index is 5.80. The van der Waals surface area contributed by atoms with Crippen LogP contribution in [0.4, 0.5) is 11.6 Å². The molecule has 18 heavy (non-hydrogen) atoms. The number of hydrogen-bond acceptors (Lipinski definition) is 3. The lowest BCUT2D eigenvalue weighted by Crippen LogP contribution is -2.41. The van der Waals surface area contributed by atoms with Crippen molar-refractivity contribution in [1.29, 1.82) is 0 Å². The molecule has 1 aliphatic heterocycles. The van der Waals surface area contributed by atoms with E-state index in [0.29, 0.717) is 6.04 Å². The second-order valence-corrected chi connectivity index (χ2v) is 5.52. The number of rotatable bonds is 1. The Hall–Kier alpha value is -1.71. The maximum atomic E-state index is 5.80. The monoisotopic (exact) mass is 244 g/mol. The third kappa shape index (κ3) is 1.92. The number of anilines is 2. The molecular formula is C14H20N4. The van der Waals surface area contributed by atoms with Crippen LogP contribution in [0.5, 0.6) is 0 Å². The van der Waals surface area contributed by atoms with Crippen LogP contribution in [-0.2, 0) is 0 Å². The van der Waals surface area contributed by atoms with Crippen molar-refractivity contribution in [2.45, 2.75) is 32.7 Å². The van der Waals surface area contributed by atoms with Crippen LogP contribution in [0.3, 0.4) is 0 Å². The molecular weight excluding hydrogens is 224 g/mol. The molecule has 2 unspecified atom stereocenters. The molecule has 4 nitrogen and oxygen atoms in total. The van der Waals surface area contributed by atoms with Crippen molar-refractivity contribution in [2.75, 3.05) is 17.2 Å². The van der Waals surface area contributed by atoms with Crippen LogP contribution in [-0.4, -0.2) is 22.6 Å². The van der Waals surface area contributed by atoms with Gasteiger partial charge in [0.15, 0.2) is 0 Å². The molecule has 2 aromatic rings. The van der Waals surface area contributed by atoms with Crippen molar-refractivity contribution in [1.82, 2.24) is 9.97 Å². The first-order chi connectivity index (χ1) is 8.63. The van der Waals surface area contributed by atoms with Crippen molar-refractivity contribution >= 4 is 22.7 Å². The molecule has 2 atom stereocenters. The predicted octanol–water partition coefficient (Wildman–Crippen LogP) is 2.77. The number of hydrogen-bond donors (Lipinski definition) is 2. The molecule has 1 saturated heterocycles. The van der Waals surface area contributed by atoms with Gasteiger partial charge in [-0.05, 0) is 43.9 Å². The highest BCUT2D eigenvalue weighted by atomic mass is 15.3. The lowest BCUT2D eigenvalue weighted by atomic mass is 9.95. The van der Waals surface area contributed by atoms with Gasteiger partial charge in [0.05, 0.1) is 11.0 Å². The molecule has 3 rings (SSSR count). The van der Waals surface area contributed by atoms with E-state index in [1.807, 2.05) is 18.2 Å². The van der Waals surface area contributed by atoms with E-state index in [9.17, 15) is 0 Å². The molecule has 1 aromatic heterocycles. The maximum Gasteiger partial charge on any atom is 0.204 e. The fourth-order valence-electron chi connectivity index (χ4n) is 2.73. The Morgan fingerprint density at radius 2 is 2.17 bits per heavy atom. The first-order valence-corrected chi connectivity index (χ1v) is 6.65. The van der Waals surface area contributed by atoms with Crippen molar-refractivity contribution in [3.63, 3.8) is 0 Å². The second-order valence-electron chi connectivity index (χ2n) is 5.52. The zero-order valence-electron chi connectivity index (χ0n) is 11.0. The zero-order chi connectivity index (χ0) is 12.7. The standard InChI is InChI=1S/C14H20N4/c1-9-3-4-10(2)18(8-9)14-16-12-6-5-11(15)7-13(12)17-14/h5-7,9-10H,3-4,8,15H2,1-2H3,(H,16,17). The van der Waals surface area contributed by atoms with Gasteiger partial charge in [-0.3, -0.25) is 0 Å². The summed E-state index contributed by atoms with van der Waals surface area (Å²) in [6.07, 6.45) is 2.55. The summed E-state index contributed by atoms with van der Waals surface area (Å²) >= 11 is 0. The molecule has 0 spiro atoms. The molecule has 0 radical (unpaired) electrons. The summed E-state index contributed by atoms with van der Waals surface area (Å²) in [5.74, 6) is 1.72. The minimum absolute atomic E-state index is 0.555. The SMILES string of the molecule is CC1CCC(C)N(c2nc3ccc(N)cc3[nH]2)C1. The van der Waals surface area contributed by atoms with Gasteiger partial charge in [0.25, 0.3) is 0 Å². The van der Waals surface area contributed by atoms with Gasteiger partial charge in [-0.15, -0.1) is 0 Å². The van der Waals surface area contributed by atoms with Gasteiger partial charge >= 0.3 is 0 Å². The van der Waals surface area contributed by atoms with Crippen molar-refractivity contribution in [2.24, 2.45) is 5.92 Å². The molecule has 1 aromatic carbocycles. The summed E-state index contributed by atoms with van der Waals surface area (Å²) in [4.78, 5) is 10.4. The molecule has 2 heterocycles. The van der Waals surface area contributed by atoms with Crippen LogP contribution < -0.4 is 10.6 Å². The van der Waals surface area contributed by atoms with Gasteiger partial charge in [-0.25, -0.2) is 4.98 Å². The molecule has 1 fully saturated rings. The highest BCUT2D eigenvalue weighted by Gasteiger charge is 2.25. The number of benzene rings is 1. The average molecular weight is 244 g/mol. The van der Waals surface area contributed by atoms with E-state index >= 15 is 0 Å². The van der Waals surface area contributed by atoms with Crippen molar-refractivity contribution < 1.29 is 0 Å². The fourth-order valence-corrected chi connectivity index (χ4v) is 2.73. The Bertz CT molecular complexity index is 560. The Balaban J connectivity index is 1.97. The van der Waals surface area contributed by atoms with Crippen LogP contribution in [0.15, 0.2) is 18.2 Å². The summed E-state index contributed by atoms with van der Waals surface area (Å²) in [5, 5.41) is 0. The van der Waals surface area contributed by atoms with Crippen LogP contribution in [0.25, 0.3) is 11.0 Å². The normalized spacial score (nSPS) is 24.7. The van der Waals surface area contributed by atoms with E-state index in [-0.39, 0.29) is 0 Å². The molecule has 0 aliphatic carbocycles. The Labute approximate surface area is 107 Å². The van der Waals surface area contributed by atoms with Gasteiger partial charge < -0.3 is 15.6 Å². The quantitative estimate of drug-likeness (QED) is 0.758. The smallest absolute Gasteiger partial charge is 0.204 e. The van der Waals surface area contributed by atoms with Crippen LogP contribution in [0.1, 0.15) is 26.7 Å². The van der Waals surface area contributed by atoms with Crippen molar-refractivity contribution in [3.05, 3.63) is 18.2 Å². The number of aromatic nitrogens is 2. The molecule has 1 aliphatic rings. The van der Waals surface area contributed by atoms with E-state index in [0.717, 1.165) is 35.1 Å². The Morgan fingerprint density at radius 3 is 3.00 bits per heavy atom. The summed E-state index contributed by atoms with van der Waals surface area (Å²) in [6, 6.07) is 6.38. The Morgan fingerprint density at radius 1 is 1.33 bits per heavy atom. The summed E-state index contributed by atoms with van der Waals surface area (Å²) in [5.41, 5.74) is 8.59. The Kier molecular flexibility index (Phi) is 2.65. The summed E-state index contributed by atoms with van der Waals surface area (Å²) in [6.45, 7) is 5.66. The summed E-state index contributed by atoms with van der Waals surface area (Å²) in [7, 11) is 0. The van der Waals surface area contributed by atoms with Crippen molar-refractivity contribution in [3.8, 4) is 0 Å². The molecule has 0 saturated carbocycles. The fraction of sp³-hybridized carbons (Fsp3) is 0.500. The number of piperidine rings is 1. The number of nitrogen functional groups attached to an aromatic ring is 1. The first-order valence-electron chi connectivity index (χ1n) is 6.65. The number of aromatic amines is 1. The minimum Gasteiger partial charge on any atom is -0.399 e. The van der Waals surface area contributed by atoms with E-state index in [1.165, 1.54) is 12.8 Å². The molecule has 3 N–H and O–H groups in total. The number of H-pyrrole nitrogens is 1. The van der Waals surface area contributed by atoms with E-state index in [1.54, 1.807) is 0 Å². The van der Waals surface area contributed by atoms with E-state index in [4.69, 9.17) is 5.73 Å². The number of fused-ring (bicyclic) bond motifs is 1. The highest BCUT2D eigenvalue weighted by molar-refractivity contribution is 5.80. The zero-order valence-corrected chi connectivity index (χ0v) is 11.0. The minimum atomic E-state index is 0.555. The van der Waals surface area contributed by atoms with E-state index < -0.39 is 0 Å². The van der Waals surface area contributed by atoms with Gasteiger partial charge in [0.2, 0.25) is 5.95 Å². The molecule has 0 bridgehead atoms. The third-order valence-electron chi connectivity index (χ3n) is 3.88. The highest BCUT2D eigenvalue weighted by Crippen LogP contribution is 2.27. The number of imidazole rings is 1. The third-order valence-corrected chi connectivity index (χ3v) is 3.88. The van der Waals surface area contributed by atoms with Gasteiger partial charge in [-0.2, -0.15) is 0 Å². The van der Waals surface area contributed by atoms with Crippen LogP contribution >= 0.6 is 0 Å². The topological polar surface area (TPSA) is 57.9 Å². The van der Waals surface area contributed by atoms with Crippen LogP contribution in [0, 0.1) is 5.92 Å². The summed E-state index contributed by atoms with van der Waals surface area (Å²) < 4.78 is 0.